The number of thioether (sulfide) groups is 1. The van der Waals surface area contributed by atoms with E-state index in [0.29, 0.717) is 0 Å². The van der Waals surface area contributed by atoms with E-state index < -0.39 is 11.9 Å². The number of rotatable bonds is 3. The fourth-order valence-corrected chi connectivity index (χ4v) is 2.12. The van der Waals surface area contributed by atoms with Crippen LogP contribution in [0.2, 0.25) is 0 Å². The van der Waals surface area contributed by atoms with E-state index in [4.69, 9.17) is 0 Å². The minimum absolute atomic E-state index is 0.0789. The van der Waals surface area contributed by atoms with E-state index in [2.05, 4.69) is 5.10 Å². The molecule has 1 aromatic heterocycles. The Morgan fingerprint density at radius 3 is 2.38 bits per heavy atom. The maximum Gasteiger partial charge on any atom is 0.435 e. The van der Waals surface area contributed by atoms with Crippen molar-refractivity contribution in [2.75, 3.05) is 0 Å². The van der Waals surface area contributed by atoms with Gasteiger partial charge in [-0.25, -0.2) is 0 Å². The standard InChI is InChI=1S/C9H11F3N2OS/c1-5(2)16-8-6(4-15)7(9(10,11)12)13-14(8)3/h4-5H,1-3H3. The van der Waals surface area contributed by atoms with Crippen LogP contribution in [0.4, 0.5) is 13.2 Å². The number of halogens is 3. The van der Waals surface area contributed by atoms with Crippen molar-refractivity contribution < 1.29 is 18.0 Å². The van der Waals surface area contributed by atoms with Crippen molar-refractivity contribution in [1.29, 1.82) is 0 Å². The van der Waals surface area contributed by atoms with Crippen LogP contribution in [-0.2, 0) is 13.2 Å². The fourth-order valence-electron chi connectivity index (χ4n) is 1.20. The predicted molar refractivity (Wildman–Crippen MR) is 54.6 cm³/mol. The summed E-state index contributed by atoms with van der Waals surface area (Å²) >= 11 is 1.18. The monoisotopic (exact) mass is 252 g/mol. The molecule has 0 radical (unpaired) electrons. The first-order chi connectivity index (χ1) is 7.27. The molecule has 0 amide bonds. The minimum atomic E-state index is -4.59. The number of hydrogen-bond donors (Lipinski definition) is 0. The molecular formula is C9H11F3N2OS. The van der Waals surface area contributed by atoms with Crippen molar-refractivity contribution in [3.63, 3.8) is 0 Å². The van der Waals surface area contributed by atoms with Gasteiger partial charge in [0.2, 0.25) is 0 Å². The molecule has 0 saturated heterocycles. The molecule has 1 aromatic rings. The molecule has 0 fully saturated rings. The molecule has 90 valence electrons. The number of hydrogen-bond acceptors (Lipinski definition) is 3. The zero-order valence-corrected chi connectivity index (χ0v) is 9.82. The molecule has 0 spiro atoms. The third kappa shape index (κ3) is 2.58. The lowest BCUT2D eigenvalue weighted by atomic mass is 10.2. The van der Waals surface area contributed by atoms with Crippen LogP contribution in [0, 0.1) is 0 Å². The van der Waals surface area contributed by atoms with Gasteiger partial charge in [-0.1, -0.05) is 13.8 Å². The summed E-state index contributed by atoms with van der Waals surface area (Å²) in [4.78, 5) is 10.7. The summed E-state index contributed by atoms with van der Waals surface area (Å²) < 4.78 is 38.7. The van der Waals surface area contributed by atoms with Gasteiger partial charge in [0, 0.05) is 12.3 Å². The van der Waals surface area contributed by atoms with Crippen LogP contribution >= 0.6 is 11.8 Å². The summed E-state index contributed by atoms with van der Waals surface area (Å²) in [6, 6.07) is 0. The van der Waals surface area contributed by atoms with Gasteiger partial charge in [-0.15, -0.1) is 11.8 Å². The van der Waals surface area contributed by atoms with Crippen LogP contribution in [0.1, 0.15) is 29.9 Å². The molecule has 1 rings (SSSR count). The Kier molecular flexibility index (Phi) is 3.67. The average Bonchev–Trinajstić information content (AvgIpc) is 2.42. The number of alkyl halides is 3. The lowest BCUT2D eigenvalue weighted by Crippen LogP contribution is -2.09. The Morgan fingerprint density at radius 1 is 1.44 bits per heavy atom. The smallest absolute Gasteiger partial charge is 0.298 e. The molecular weight excluding hydrogens is 241 g/mol. The van der Waals surface area contributed by atoms with Crippen LogP contribution in [0.25, 0.3) is 0 Å². The average molecular weight is 252 g/mol. The number of nitrogens with zero attached hydrogens (tertiary/aromatic N) is 2. The topological polar surface area (TPSA) is 34.9 Å². The summed E-state index contributed by atoms with van der Waals surface area (Å²) in [7, 11) is 1.40. The summed E-state index contributed by atoms with van der Waals surface area (Å²) in [6.45, 7) is 3.67. The van der Waals surface area contributed by atoms with Crippen LogP contribution in [-0.4, -0.2) is 21.3 Å². The van der Waals surface area contributed by atoms with Crippen LogP contribution in [0.5, 0.6) is 0 Å². The molecule has 0 saturated carbocycles. The van der Waals surface area contributed by atoms with Crippen molar-refractivity contribution in [3.05, 3.63) is 11.3 Å². The van der Waals surface area contributed by atoms with E-state index in [-0.39, 0.29) is 22.1 Å². The van der Waals surface area contributed by atoms with E-state index in [1.54, 1.807) is 0 Å². The summed E-state index contributed by atoms with van der Waals surface area (Å²) in [5.41, 5.74) is -1.50. The Hall–Kier alpha value is -0.980. The van der Waals surface area contributed by atoms with Gasteiger partial charge in [-0.2, -0.15) is 18.3 Å². The number of aromatic nitrogens is 2. The second-order valence-electron chi connectivity index (χ2n) is 3.47. The van der Waals surface area contributed by atoms with Gasteiger partial charge in [0.15, 0.2) is 12.0 Å². The van der Waals surface area contributed by atoms with Crippen molar-refractivity contribution in [2.24, 2.45) is 7.05 Å². The quantitative estimate of drug-likeness (QED) is 0.613. The van der Waals surface area contributed by atoms with Gasteiger partial charge in [0.05, 0.1) is 5.56 Å². The second-order valence-corrected chi connectivity index (χ2v) is 5.04. The third-order valence-corrected chi connectivity index (χ3v) is 2.94. The molecule has 0 N–H and O–H groups in total. The highest BCUT2D eigenvalue weighted by atomic mass is 32.2. The minimum Gasteiger partial charge on any atom is -0.298 e. The van der Waals surface area contributed by atoms with Gasteiger partial charge in [-0.3, -0.25) is 9.48 Å². The maximum atomic E-state index is 12.5. The first kappa shape index (κ1) is 13.1. The van der Waals surface area contributed by atoms with Gasteiger partial charge in [0.1, 0.15) is 5.03 Å². The predicted octanol–water partition coefficient (Wildman–Crippen LogP) is 2.75. The molecule has 0 aliphatic heterocycles. The summed E-state index contributed by atoms with van der Waals surface area (Å²) in [6.07, 6.45) is -4.38. The van der Waals surface area contributed by atoms with E-state index in [1.807, 2.05) is 13.8 Å². The summed E-state index contributed by atoms with van der Waals surface area (Å²) in [5.74, 6) is 0. The van der Waals surface area contributed by atoms with Gasteiger partial charge < -0.3 is 0 Å². The number of aldehydes is 1. The fraction of sp³-hybridized carbons (Fsp3) is 0.556. The molecule has 0 unspecified atom stereocenters. The Morgan fingerprint density at radius 2 is 2.00 bits per heavy atom. The normalized spacial score (nSPS) is 12.2. The highest BCUT2D eigenvalue weighted by Crippen LogP contribution is 2.35. The lowest BCUT2D eigenvalue weighted by molar-refractivity contribution is -0.141. The van der Waals surface area contributed by atoms with Crippen molar-refractivity contribution >= 4 is 18.0 Å². The SMILES string of the molecule is CC(C)Sc1c(C=O)c(C(F)(F)F)nn1C. The highest BCUT2D eigenvalue weighted by Gasteiger charge is 2.39. The third-order valence-electron chi connectivity index (χ3n) is 1.76. The highest BCUT2D eigenvalue weighted by molar-refractivity contribution is 7.99. The van der Waals surface area contributed by atoms with E-state index in [1.165, 1.54) is 18.8 Å². The Balaban J connectivity index is 3.29. The largest absolute Gasteiger partial charge is 0.435 e. The molecule has 0 aliphatic carbocycles. The van der Waals surface area contributed by atoms with Crippen molar-refractivity contribution in [1.82, 2.24) is 9.78 Å². The van der Waals surface area contributed by atoms with Gasteiger partial charge in [-0.05, 0) is 0 Å². The number of carbonyl (C=O) groups is 1. The Labute approximate surface area is 95.0 Å². The lowest BCUT2D eigenvalue weighted by Gasteiger charge is -2.05. The first-order valence-electron chi connectivity index (χ1n) is 4.53. The van der Waals surface area contributed by atoms with Crippen molar-refractivity contribution in [3.8, 4) is 0 Å². The summed E-state index contributed by atoms with van der Waals surface area (Å²) in [5, 5.41) is 3.67. The number of aryl methyl sites for hydroxylation is 1. The maximum absolute atomic E-state index is 12.5. The zero-order valence-electron chi connectivity index (χ0n) is 9.00. The molecule has 0 aliphatic rings. The molecule has 0 atom stereocenters. The van der Waals surface area contributed by atoms with Crippen LogP contribution < -0.4 is 0 Å². The molecule has 16 heavy (non-hydrogen) atoms. The molecule has 0 bridgehead atoms. The first-order valence-corrected chi connectivity index (χ1v) is 5.41. The number of carbonyl (C=O) groups excluding carboxylic acids is 1. The van der Waals surface area contributed by atoms with Crippen LogP contribution in [0.3, 0.4) is 0 Å². The van der Waals surface area contributed by atoms with E-state index >= 15 is 0 Å². The van der Waals surface area contributed by atoms with E-state index in [9.17, 15) is 18.0 Å². The second kappa shape index (κ2) is 4.48. The molecule has 3 nitrogen and oxygen atoms in total. The van der Waals surface area contributed by atoms with Crippen molar-refractivity contribution in [2.45, 2.75) is 30.3 Å². The van der Waals surface area contributed by atoms with Gasteiger partial charge in [0.25, 0.3) is 0 Å². The zero-order chi connectivity index (χ0) is 12.5. The van der Waals surface area contributed by atoms with E-state index in [0.717, 1.165) is 4.68 Å². The molecule has 0 aromatic carbocycles. The Bertz CT molecular complexity index is 398. The molecule has 7 heteroatoms. The molecule has 1 heterocycles. The van der Waals surface area contributed by atoms with Gasteiger partial charge >= 0.3 is 6.18 Å². The van der Waals surface area contributed by atoms with Crippen LogP contribution in [0.15, 0.2) is 5.03 Å².